The number of aromatic nitrogens is 1. The van der Waals surface area contributed by atoms with Crippen LogP contribution in [0.4, 0.5) is 5.69 Å². The Morgan fingerprint density at radius 1 is 0.571 bits per heavy atom. The Bertz CT molecular complexity index is 1770. The van der Waals surface area contributed by atoms with Gasteiger partial charge in [-0.15, -0.1) is 0 Å². The van der Waals surface area contributed by atoms with Crippen molar-refractivity contribution in [3.8, 4) is 5.69 Å². The van der Waals surface area contributed by atoms with Gasteiger partial charge in [0.05, 0.1) is 27.8 Å². The minimum absolute atomic E-state index is 0.274. The van der Waals surface area contributed by atoms with Gasteiger partial charge in [-0.3, -0.25) is 9.59 Å². The fraction of sp³-hybridized carbons (Fsp3) is 0.0323. The quantitative estimate of drug-likeness (QED) is 0.264. The predicted molar refractivity (Wildman–Crippen MR) is 141 cm³/mol. The van der Waals surface area contributed by atoms with Crippen LogP contribution in [-0.2, 0) is 0 Å². The third kappa shape index (κ3) is 2.74. The lowest BCUT2D eigenvalue weighted by Gasteiger charge is -2.16. The molecule has 0 unspecified atom stereocenters. The molecule has 166 valence electrons. The molecule has 0 radical (unpaired) electrons. The zero-order valence-corrected chi connectivity index (χ0v) is 19.0. The highest BCUT2D eigenvalue weighted by atomic mass is 16.2. The summed E-state index contributed by atoms with van der Waals surface area (Å²) in [7, 11) is 0. The van der Waals surface area contributed by atoms with Crippen LogP contribution in [0.1, 0.15) is 26.3 Å². The molecule has 7 rings (SSSR count). The molecule has 2 amide bonds. The van der Waals surface area contributed by atoms with Gasteiger partial charge < -0.3 is 4.57 Å². The van der Waals surface area contributed by atoms with Crippen molar-refractivity contribution in [1.29, 1.82) is 0 Å². The van der Waals surface area contributed by atoms with Gasteiger partial charge >= 0.3 is 0 Å². The Balaban J connectivity index is 1.40. The van der Waals surface area contributed by atoms with Crippen LogP contribution in [0.2, 0.25) is 0 Å². The van der Waals surface area contributed by atoms with Crippen LogP contribution >= 0.6 is 0 Å². The minimum Gasteiger partial charge on any atom is -0.309 e. The van der Waals surface area contributed by atoms with Crippen molar-refractivity contribution >= 4 is 50.1 Å². The summed E-state index contributed by atoms with van der Waals surface area (Å²) in [5.74, 6) is -0.549. The number of fused-ring (bicyclic) bond motifs is 5. The normalized spacial score (nSPS) is 13.3. The molecule has 0 spiro atoms. The first kappa shape index (κ1) is 19.7. The average molecular weight is 453 g/mol. The van der Waals surface area contributed by atoms with Gasteiger partial charge in [0, 0.05) is 16.5 Å². The molecule has 1 aliphatic rings. The molecule has 1 aromatic heterocycles. The molecule has 1 aliphatic heterocycles. The van der Waals surface area contributed by atoms with E-state index < -0.39 is 0 Å². The van der Waals surface area contributed by atoms with E-state index in [9.17, 15) is 9.59 Å². The SMILES string of the molecule is Cc1cc2cc(N3C(=O)c4ccccc4C3=O)ccc2cc1-n1c2ccccc2c2ccccc21. The molecule has 0 aliphatic carbocycles. The lowest BCUT2D eigenvalue weighted by molar-refractivity contribution is 0.0926. The summed E-state index contributed by atoms with van der Waals surface area (Å²) >= 11 is 0. The number of aryl methyl sites for hydroxylation is 1. The molecule has 0 fully saturated rings. The highest BCUT2D eigenvalue weighted by Gasteiger charge is 2.36. The van der Waals surface area contributed by atoms with Crippen LogP contribution in [-0.4, -0.2) is 16.4 Å². The number of imide groups is 1. The number of anilines is 1. The number of carbonyl (C=O) groups is 2. The van der Waals surface area contributed by atoms with Crippen molar-refractivity contribution in [3.63, 3.8) is 0 Å². The van der Waals surface area contributed by atoms with Gasteiger partial charge in [0.1, 0.15) is 0 Å². The third-order valence-corrected chi connectivity index (χ3v) is 7.01. The van der Waals surface area contributed by atoms with E-state index in [1.54, 1.807) is 24.3 Å². The van der Waals surface area contributed by atoms with E-state index in [4.69, 9.17) is 0 Å². The molecule has 4 heteroatoms. The minimum atomic E-state index is -0.274. The maximum Gasteiger partial charge on any atom is 0.266 e. The summed E-state index contributed by atoms with van der Waals surface area (Å²) in [5, 5.41) is 4.49. The monoisotopic (exact) mass is 452 g/mol. The van der Waals surface area contributed by atoms with Crippen molar-refractivity contribution in [2.75, 3.05) is 4.90 Å². The molecular weight excluding hydrogens is 432 g/mol. The third-order valence-electron chi connectivity index (χ3n) is 7.01. The first-order valence-electron chi connectivity index (χ1n) is 11.6. The van der Waals surface area contributed by atoms with Crippen LogP contribution in [0.15, 0.2) is 103 Å². The van der Waals surface area contributed by atoms with Crippen LogP contribution < -0.4 is 4.90 Å². The van der Waals surface area contributed by atoms with Gasteiger partial charge in [-0.25, -0.2) is 4.90 Å². The zero-order valence-electron chi connectivity index (χ0n) is 19.0. The Kier molecular flexibility index (Phi) is 4.03. The van der Waals surface area contributed by atoms with Crippen LogP contribution in [0, 0.1) is 6.92 Å². The van der Waals surface area contributed by atoms with E-state index in [1.165, 1.54) is 26.7 Å². The second-order valence-corrected chi connectivity index (χ2v) is 9.03. The van der Waals surface area contributed by atoms with Crippen molar-refractivity contribution in [2.45, 2.75) is 6.92 Å². The van der Waals surface area contributed by atoms with Crippen molar-refractivity contribution in [2.24, 2.45) is 0 Å². The fourth-order valence-corrected chi connectivity index (χ4v) is 5.37. The second kappa shape index (κ2) is 7.15. The molecular formula is C31H20N2O2. The predicted octanol–water partition coefficient (Wildman–Crippen LogP) is 7.05. The number of nitrogens with zero attached hydrogens (tertiary/aromatic N) is 2. The number of hydrogen-bond acceptors (Lipinski definition) is 2. The maximum atomic E-state index is 13.0. The molecule has 0 N–H and O–H groups in total. The molecule has 0 saturated heterocycles. The highest BCUT2D eigenvalue weighted by molar-refractivity contribution is 6.34. The Hall–Kier alpha value is -4.70. The topological polar surface area (TPSA) is 42.3 Å². The first-order chi connectivity index (χ1) is 17.1. The van der Waals surface area contributed by atoms with Gasteiger partial charge in [-0.2, -0.15) is 0 Å². The zero-order chi connectivity index (χ0) is 23.7. The number of benzene rings is 5. The van der Waals surface area contributed by atoms with Crippen LogP contribution in [0.5, 0.6) is 0 Å². The van der Waals surface area contributed by atoms with Crippen molar-refractivity contribution in [1.82, 2.24) is 4.57 Å². The molecule has 35 heavy (non-hydrogen) atoms. The number of hydrogen-bond donors (Lipinski definition) is 0. The number of rotatable bonds is 2. The lowest BCUT2D eigenvalue weighted by atomic mass is 10.0. The van der Waals surface area contributed by atoms with E-state index in [0.29, 0.717) is 16.8 Å². The lowest BCUT2D eigenvalue weighted by Crippen LogP contribution is -2.29. The Labute approximate surface area is 201 Å². The number of carbonyl (C=O) groups excluding carboxylic acids is 2. The van der Waals surface area contributed by atoms with Gasteiger partial charge in [0.25, 0.3) is 11.8 Å². The van der Waals surface area contributed by atoms with Gasteiger partial charge in [0.15, 0.2) is 0 Å². The van der Waals surface area contributed by atoms with E-state index in [1.807, 2.05) is 18.2 Å². The van der Waals surface area contributed by atoms with E-state index in [2.05, 4.69) is 72.2 Å². The molecule has 6 aromatic rings. The van der Waals surface area contributed by atoms with Gasteiger partial charge in [-0.1, -0.05) is 54.6 Å². The fourth-order valence-electron chi connectivity index (χ4n) is 5.37. The maximum absolute atomic E-state index is 13.0. The standard InChI is InChI=1S/C31H20N2O2/c1-19-16-21-17-22(32-30(34)25-10-2-3-11-26(25)31(32)35)15-14-20(21)18-29(19)33-27-12-6-4-8-23(27)24-9-5-7-13-28(24)33/h2-18H,1H3. The summed E-state index contributed by atoms with van der Waals surface area (Å²) < 4.78 is 2.32. The molecule has 0 bridgehead atoms. The van der Waals surface area contributed by atoms with Crippen LogP contribution in [0.3, 0.4) is 0 Å². The van der Waals surface area contributed by atoms with Crippen molar-refractivity contribution < 1.29 is 9.59 Å². The summed E-state index contributed by atoms with van der Waals surface area (Å²) in [4.78, 5) is 27.2. The molecule has 4 nitrogen and oxygen atoms in total. The van der Waals surface area contributed by atoms with Crippen molar-refractivity contribution in [3.05, 3.63) is 120 Å². The summed E-state index contributed by atoms with van der Waals surface area (Å²) in [5.41, 5.74) is 6.06. The molecule has 5 aromatic carbocycles. The van der Waals surface area contributed by atoms with E-state index >= 15 is 0 Å². The summed E-state index contributed by atoms with van der Waals surface area (Å²) in [6.07, 6.45) is 0. The van der Waals surface area contributed by atoms with Crippen LogP contribution in [0.25, 0.3) is 38.3 Å². The second-order valence-electron chi connectivity index (χ2n) is 9.03. The molecule has 0 saturated carbocycles. The largest absolute Gasteiger partial charge is 0.309 e. The number of para-hydroxylation sites is 2. The van der Waals surface area contributed by atoms with Gasteiger partial charge in [-0.05, 0) is 71.8 Å². The average Bonchev–Trinajstić information content (AvgIpc) is 3.35. The molecule has 0 atom stereocenters. The Morgan fingerprint density at radius 3 is 1.77 bits per heavy atom. The number of amides is 2. The van der Waals surface area contributed by atoms with E-state index in [0.717, 1.165) is 22.0 Å². The highest BCUT2D eigenvalue weighted by Crippen LogP contribution is 2.36. The molecule has 2 heterocycles. The first-order valence-corrected chi connectivity index (χ1v) is 11.6. The smallest absolute Gasteiger partial charge is 0.266 e. The summed E-state index contributed by atoms with van der Waals surface area (Å²) in [6.45, 7) is 2.10. The Morgan fingerprint density at radius 2 is 1.14 bits per heavy atom. The summed E-state index contributed by atoms with van der Waals surface area (Å²) in [6, 6.07) is 34.0. The van der Waals surface area contributed by atoms with E-state index in [-0.39, 0.29) is 11.8 Å². The van der Waals surface area contributed by atoms with Gasteiger partial charge in [0.2, 0.25) is 0 Å².